The van der Waals surface area contributed by atoms with Crippen molar-refractivity contribution >= 4 is 24.5 Å². The lowest BCUT2D eigenvalue weighted by atomic mass is 9.90. The van der Waals surface area contributed by atoms with E-state index < -0.39 is 5.91 Å². The number of aromatic amines is 1. The van der Waals surface area contributed by atoms with E-state index in [1.807, 2.05) is 31.2 Å². The fourth-order valence-corrected chi connectivity index (χ4v) is 2.64. The molecule has 2 aromatic rings. The van der Waals surface area contributed by atoms with E-state index in [-0.39, 0.29) is 11.1 Å². The molecule has 1 aromatic heterocycles. The number of carbonyl (C=O) groups is 2. The normalized spacial score (nSPS) is 12.6. The van der Waals surface area contributed by atoms with E-state index in [1.165, 1.54) is 0 Å². The number of hydrogen-bond donors (Lipinski definition) is 3. The Labute approximate surface area is 159 Å². The molecule has 0 aliphatic rings. The molecule has 27 heavy (non-hydrogen) atoms. The molecule has 0 spiro atoms. The van der Waals surface area contributed by atoms with Gasteiger partial charge in [0.15, 0.2) is 0 Å². The smallest absolute Gasteiger partial charge is 0.271 e. The van der Waals surface area contributed by atoms with Crippen LogP contribution in [0.25, 0.3) is 12.2 Å². The van der Waals surface area contributed by atoms with Gasteiger partial charge in [0.2, 0.25) is 6.41 Å². The van der Waals surface area contributed by atoms with Gasteiger partial charge in [0, 0.05) is 16.8 Å². The van der Waals surface area contributed by atoms with Crippen LogP contribution >= 0.6 is 0 Å². The Kier molecular flexibility index (Phi) is 6.34. The first kappa shape index (κ1) is 20.2. The summed E-state index contributed by atoms with van der Waals surface area (Å²) in [5, 5.41) is 5.28. The summed E-state index contributed by atoms with van der Waals surface area (Å²) in [6, 6.07) is 7.63. The maximum absolute atomic E-state index is 12.6. The molecule has 0 saturated carbocycles. The van der Waals surface area contributed by atoms with E-state index in [9.17, 15) is 9.59 Å². The summed E-state index contributed by atoms with van der Waals surface area (Å²) < 4.78 is 0. The van der Waals surface area contributed by atoms with Gasteiger partial charge in [0.25, 0.3) is 5.91 Å². The van der Waals surface area contributed by atoms with Crippen LogP contribution in [0.3, 0.4) is 0 Å². The third kappa shape index (κ3) is 5.41. The highest BCUT2D eigenvalue weighted by atomic mass is 16.2. The van der Waals surface area contributed by atoms with Crippen LogP contribution in [0, 0.1) is 6.92 Å². The Balaban J connectivity index is 2.24. The van der Waals surface area contributed by atoms with Gasteiger partial charge in [-0.25, -0.2) is 4.98 Å². The largest absolute Gasteiger partial charge is 0.348 e. The van der Waals surface area contributed by atoms with Crippen molar-refractivity contribution in [1.82, 2.24) is 20.6 Å². The van der Waals surface area contributed by atoms with Gasteiger partial charge in [-0.05, 0) is 37.1 Å². The predicted octanol–water partition coefficient (Wildman–Crippen LogP) is 3.28. The Morgan fingerprint density at radius 1 is 1.19 bits per heavy atom. The summed E-state index contributed by atoms with van der Waals surface area (Å²) in [5.41, 5.74) is 4.33. The first-order chi connectivity index (χ1) is 12.7. The van der Waals surface area contributed by atoms with E-state index in [1.54, 1.807) is 25.4 Å². The van der Waals surface area contributed by atoms with Gasteiger partial charge in [0.05, 0.1) is 12.0 Å². The number of carbonyl (C=O) groups excluding carboxylic acids is 2. The van der Waals surface area contributed by atoms with E-state index in [0.717, 1.165) is 22.5 Å². The SMILES string of the molecule is C/C(=C/c1nc[nH]c1C(C)(C)C)NC(=O)/C(=C/c1ccccc1C)NC=O. The average molecular weight is 366 g/mol. The lowest BCUT2D eigenvalue weighted by Crippen LogP contribution is -2.30. The van der Waals surface area contributed by atoms with E-state index in [0.29, 0.717) is 12.1 Å². The van der Waals surface area contributed by atoms with Gasteiger partial charge in [-0.3, -0.25) is 9.59 Å². The number of aromatic nitrogens is 2. The zero-order chi connectivity index (χ0) is 20.0. The van der Waals surface area contributed by atoms with Crippen molar-refractivity contribution in [1.29, 1.82) is 0 Å². The van der Waals surface area contributed by atoms with Crippen molar-refractivity contribution < 1.29 is 9.59 Å². The molecule has 0 aliphatic heterocycles. The molecule has 142 valence electrons. The van der Waals surface area contributed by atoms with Crippen LogP contribution in [0.15, 0.2) is 42.0 Å². The molecular weight excluding hydrogens is 340 g/mol. The zero-order valence-electron chi connectivity index (χ0n) is 16.4. The van der Waals surface area contributed by atoms with E-state index in [4.69, 9.17) is 0 Å². The van der Waals surface area contributed by atoms with Crippen LogP contribution in [-0.2, 0) is 15.0 Å². The van der Waals surface area contributed by atoms with Crippen LogP contribution in [0.5, 0.6) is 0 Å². The molecule has 1 aromatic carbocycles. The summed E-state index contributed by atoms with van der Waals surface area (Å²) >= 11 is 0. The fourth-order valence-electron chi connectivity index (χ4n) is 2.64. The standard InChI is InChI=1S/C21H26N4O2/c1-14-8-6-7-9-16(14)11-18(24-13-26)20(27)25-15(2)10-17-19(21(3,4)5)23-12-22-17/h6-13H,1-5H3,(H,22,23)(H,24,26)(H,25,27)/b15-10-,18-11-. The Morgan fingerprint density at radius 2 is 1.89 bits per heavy atom. The van der Waals surface area contributed by atoms with Gasteiger partial charge in [-0.15, -0.1) is 0 Å². The molecule has 0 atom stereocenters. The first-order valence-corrected chi connectivity index (χ1v) is 8.73. The van der Waals surface area contributed by atoms with Gasteiger partial charge in [-0.1, -0.05) is 45.0 Å². The number of imidazole rings is 1. The number of hydrogen-bond acceptors (Lipinski definition) is 3. The number of aryl methyl sites for hydroxylation is 1. The molecule has 6 heteroatoms. The Bertz CT molecular complexity index is 886. The minimum absolute atomic E-state index is 0.0956. The van der Waals surface area contributed by atoms with Gasteiger partial charge in [-0.2, -0.15) is 0 Å². The summed E-state index contributed by atoms with van der Waals surface area (Å²) in [4.78, 5) is 31.0. The van der Waals surface area contributed by atoms with Crippen LogP contribution in [0.2, 0.25) is 0 Å². The summed E-state index contributed by atoms with van der Waals surface area (Å²) in [6.07, 6.45) is 5.59. The number of rotatable bonds is 6. The monoisotopic (exact) mass is 366 g/mol. The molecule has 0 unspecified atom stereocenters. The Morgan fingerprint density at radius 3 is 2.52 bits per heavy atom. The highest BCUT2D eigenvalue weighted by Crippen LogP contribution is 2.24. The number of amides is 2. The van der Waals surface area contributed by atoms with Crippen LogP contribution in [0.4, 0.5) is 0 Å². The van der Waals surface area contributed by atoms with Crippen LogP contribution in [-0.4, -0.2) is 22.3 Å². The quantitative estimate of drug-likeness (QED) is 0.542. The second-order valence-electron chi connectivity index (χ2n) is 7.37. The van der Waals surface area contributed by atoms with Gasteiger partial charge >= 0.3 is 0 Å². The van der Waals surface area contributed by atoms with Crippen molar-refractivity contribution in [3.63, 3.8) is 0 Å². The number of H-pyrrole nitrogens is 1. The summed E-state index contributed by atoms with van der Waals surface area (Å²) in [6.45, 7) is 9.98. The van der Waals surface area contributed by atoms with Crippen molar-refractivity contribution in [3.8, 4) is 0 Å². The summed E-state index contributed by atoms with van der Waals surface area (Å²) in [5.74, 6) is -0.396. The molecule has 6 nitrogen and oxygen atoms in total. The average Bonchev–Trinajstić information content (AvgIpc) is 3.04. The van der Waals surface area contributed by atoms with Crippen LogP contribution < -0.4 is 10.6 Å². The molecule has 0 radical (unpaired) electrons. The fraction of sp³-hybridized carbons (Fsp3) is 0.286. The van der Waals surface area contributed by atoms with Gasteiger partial charge < -0.3 is 15.6 Å². The molecule has 2 rings (SSSR count). The van der Waals surface area contributed by atoms with Crippen molar-refractivity contribution in [3.05, 3.63) is 64.5 Å². The minimum Gasteiger partial charge on any atom is -0.348 e. The zero-order valence-corrected chi connectivity index (χ0v) is 16.4. The Hall–Kier alpha value is -3.15. The lowest BCUT2D eigenvalue weighted by Gasteiger charge is -2.17. The third-order valence-electron chi connectivity index (χ3n) is 4.03. The predicted molar refractivity (Wildman–Crippen MR) is 107 cm³/mol. The molecule has 0 bridgehead atoms. The van der Waals surface area contributed by atoms with Crippen molar-refractivity contribution in [2.24, 2.45) is 0 Å². The lowest BCUT2D eigenvalue weighted by molar-refractivity contribution is -0.118. The second-order valence-corrected chi connectivity index (χ2v) is 7.37. The third-order valence-corrected chi connectivity index (χ3v) is 4.03. The highest BCUT2D eigenvalue weighted by Gasteiger charge is 2.19. The number of allylic oxidation sites excluding steroid dienone is 1. The maximum Gasteiger partial charge on any atom is 0.271 e. The van der Waals surface area contributed by atoms with Gasteiger partial charge in [0.1, 0.15) is 5.70 Å². The summed E-state index contributed by atoms with van der Waals surface area (Å²) in [7, 11) is 0. The molecule has 0 fully saturated rings. The van der Waals surface area contributed by atoms with Crippen LogP contribution in [0.1, 0.15) is 50.2 Å². The molecule has 0 saturated heterocycles. The number of nitrogens with zero attached hydrogens (tertiary/aromatic N) is 1. The maximum atomic E-state index is 12.6. The first-order valence-electron chi connectivity index (χ1n) is 8.73. The molecule has 2 amide bonds. The molecular formula is C21H26N4O2. The number of benzene rings is 1. The highest BCUT2D eigenvalue weighted by molar-refractivity contribution is 6.00. The van der Waals surface area contributed by atoms with E-state index >= 15 is 0 Å². The second kappa shape index (κ2) is 8.49. The van der Waals surface area contributed by atoms with E-state index in [2.05, 4.69) is 41.4 Å². The molecule has 1 heterocycles. The molecule has 0 aliphatic carbocycles. The minimum atomic E-state index is -0.396. The topological polar surface area (TPSA) is 86.9 Å². The molecule has 3 N–H and O–H groups in total. The van der Waals surface area contributed by atoms with Crippen molar-refractivity contribution in [2.75, 3.05) is 0 Å². The number of nitrogens with one attached hydrogen (secondary N) is 3. The van der Waals surface area contributed by atoms with Crippen molar-refractivity contribution in [2.45, 2.75) is 40.0 Å².